The van der Waals surface area contributed by atoms with Crippen molar-refractivity contribution in [3.63, 3.8) is 0 Å². The normalized spacial score (nSPS) is 19.1. The Kier molecular flexibility index (Phi) is 7.11. The molecule has 54 heavy (non-hydrogen) atoms. The van der Waals surface area contributed by atoms with E-state index in [1.165, 1.54) is 97.7 Å². The van der Waals surface area contributed by atoms with Crippen molar-refractivity contribution in [2.45, 2.75) is 70.3 Å². The summed E-state index contributed by atoms with van der Waals surface area (Å²) in [5.41, 5.74) is 16.7. The first-order valence-corrected chi connectivity index (χ1v) is 19.9. The SMILES string of the molecule is CC1(C)C2=C(CCC=C2)c2ccc(N(c3ccc(-n4c5ccccc5c5ccc6oc7ccccc7c6c54)cc3)C3C=CC(C4=CCCCC4)=CC3)cc21. The lowest BCUT2D eigenvalue weighted by Crippen LogP contribution is -2.30. The molecular weight excluding hydrogens is 657 g/mol. The minimum Gasteiger partial charge on any atom is -0.456 e. The Morgan fingerprint density at radius 1 is 0.722 bits per heavy atom. The molecule has 264 valence electrons. The van der Waals surface area contributed by atoms with E-state index in [0.29, 0.717) is 0 Å². The topological polar surface area (TPSA) is 21.3 Å². The molecule has 0 saturated carbocycles. The second kappa shape index (κ2) is 12.1. The van der Waals surface area contributed by atoms with Crippen molar-refractivity contribution in [1.82, 2.24) is 4.57 Å². The minimum atomic E-state index is -0.0187. The van der Waals surface area contributed by atoms with Crippen LogP contribution in [0.15, 0.2) is 161 Å². The van der Waals surface area contributed by atoms with Crippen LogP contribution in [0.25, 0.3) is 55.0 Å². The van der Waals surface area contributed by atoms with Crippen LogP contribution in [0.3, 0.4) is 0 Å². The van der Waals surface area contributed by atoms with Gasteiger partial charge in [0.25, 0.3) is 0 Å². The molecule has 0 amide bonds. The second-order valence-corrected chi connectivity index (χ2v) is 16.2. The van der Waals surface area contributed by atoms with Gasteiger partial charge in [-0.15, -0.1) is 0 Å². The Morgan fingerprint density at radius 3 is 2.39 bits per heavy atom. The van der Waals surface area contributed by atoms with Crippen LogP contribution in [0.1, 0.15) is 69.9 Å². The highest BCUT2D eigenvalue weighted by molar-refractivity contribution is 6.24. The van der Waals surface area contributed by atoms with Crippen LogP contribution in [-0.2, 0) is 5.41 Å². The highest BCUT2D eigenvalue weighted by Crippen LogP contribution is 2.51. The fourth-order valence-electron chi connectivity index (χ4n) is 10.1. The van der Waals surface area contributed by atoms with E-state index in [1.807, 2.05) is 0 Å². The smallest absolute Gasteiger partial charge is 0.137 e. The Labute approximate surface area is 316 Å². The second-order valence-electron chi connectivity index (χ2n) is 16.2. The number of fused-ring (bicyclic) bond motifs is 9. The number of benzene rings is 5. The molecule has 0 N–H and O–H groups in total. The lowest BCUT2D eigenvalue weighted by atomic mass is 9.80. The number of nitrogens with zero attached hydrogens (tertiary/aromatic N) is 2. The third-order valence-electron chi connectivity index (χ3n) is 12.8. The number of rotatable bonds is 5. The van der Waals surface area contributed by atoms with E-state index in [9.17, 15) is 0 Å². The number of hydrogen-bond acceptors (Lipinski definition) is 2. The first kappa shape index (κ1) is 31.7. The first-order valence-electron chi connectivity index (χ1n) is 19.9. The van der Waals surface area contributed by atoms with Crippen molar-refractivity contribution in [1.29, 1.82) is 0 Å². The molecule has 2 heterocycles. The predicted octanol–water partition coefficient (Wildman–Crippen LogP) is 14.0. The molecule has 7 aromatic rings. The molecule has 3 heteroatoms. The minimum absolute atomic E-state index is 0.0187. The van der Waals surface area contributed by atoms with E-state index in [4.69, 9.17) is 4.42 Å². The fraction of sp³-hybridized carbons (Fsp3) is 0.216. The van der Waals surface area contributed by atoms with Crippen LogP contribution in [0, 0.1) is 0 Å². The molecule has 3 nitrogen and oxygen atoms in total. The maximum absolute atomic E-state index is 6.40. The Morgan fingerprint density at radius 2 is 1.56 bits per heavy atom. The van der Waals surface area contributed by atoms with Gasteiger partial charge in [0, 0.05) is 38.6 Å². The van der Waals surface area contributed by atoms with E-state index < -0.39 is 0 Å². The summed E-state index contributed by atoms with van der Waals surface area (Å²) >= 11 is 0. The summed E-state index contributed by atoms with van der Waals surface area (Å²) in [7, 11) is 0. The first-order chi connectivity index (χ1) is 26.5. The molecule has 4 aliphatic carbocycles. The van der Waals surface area contributed by atoms with Gasteiger partial charge in [-0.2, -0.15) is 0 Å². The van der Waals surface area contributed by atoms with E-state index in [2.05, 4.69) is 163 Å². The number of aromatic nitrogens is 1. The Bertz CT molecular complexity index is 2830. The molecule has 0 saturated heterocycles. The quantitative estimate of drug-likeness (QED) is 0.178. The van der Waals surface area contributed by atoms with E-state index in [1.54, 1.807) is 0 Å². The van der Waals surface area contributed by atoms with Gasteiger partial charge in [-0.25, -0.2) is 0 Å². The zero-order valence-corrected chi connectivity index (χ0v) is 31.1. The van der Waals surface area contributed by atoms with E-state index in [-0.39, 0.29) is 11.5 Å². The molecule has 0 spiro atoms. The van der Waals surface area contributed by atoms with E-state index in [0.717, 1.165) is 41.5 Å². The summed E-state index contributed by atoms with van der Waals surface area (Å²) in [6.45, 7) is 4.82. The lowest BCUT2D eigenvalue weighted by Gasteiger charge is -2.35. The molecule has 4 aliphatic rings. The van der Waals surface area contributed by atoms with Gasteiger partial charge in [0.1, 0.15) is 11.2 Å². The van der Waals surface area contributed by atoms with Gasteiger partial charge in [0.05, 0.1) is 22.5 Å². The molecule has 0 radical (unpaired) electrons. The van der Waals surface area contributed by atoms with Crippen LogP contribution < -0.4 is 4.90 Å². The van der Waals surface area contributed by atoms with Gasteiger partial charge < -0.3 is 13.9 Å². The van der Waals surface area contributed by atoms with Crippen LogP contribution >= 0.6 is 0 Å². The number of anilines is 2. The van der Waals surface area contributed by atoms with E-state index >= 15 is 0 Å². The molecule has 0 fully saturated rings. The Balaban J connectivity index is 1.05. The number of allylic oxidation sites excluding steroid dienone is 8. The summed E-state index contributed by atoms with van der Waals surface area (Å²) in [6.07, 6.45) is 22.8. The standard InChI is InChI=1S/C51H44N2O/c1-51(2)44-17-9-6-14-39(44)40-29-28-38(32-45(40)51)52(35-22-20-34(21-23-35)33-12-4-3-5-13-33)36-24-26-37(27-25-36)53-46-18-10-7-15-41(46)42-30-31-48-49(50(42)53)43-16-8-11-19-47(43)54-48/h7-12,15-22,24-32,35H,3-6,13-14,23H2,1-2H3. The molecular formula is C51H44N2O. The van der Waals surface area contributed by atoms with Crippen LogP contribution in [0.4, 0.5) is 11.4 Å². The van der Waals surface area contributed by atoms with Crippen molar-refractivity contribution < 1.29 is 4.42 Å². The van der Waals surface area contributed by atoms with Gasteiger partial charge in [-0.3, -0.25) is 0 Å². The largest absolute Gasteiger partial charge is 0.456 e. The summed E-state index contributed by atoms with van der Waals surface area (Å²) in [5.74, 6) is 0. The molecule has 0 bridgehead atoms. The lowest BCUT2D eigenvalue weighted by molar-refractivity contribution is 0.650. The zero-order valence-electron chi connectivity index (χ0n) is 31.1. The predicted molar refractivity (Wildman–Crippen MR) is 227 cm³/mol. The highest BCUT2D eigenvalue weighted by atomic mass is 16.3. The summed E-state index contributed by atoms with van der Waals surface area (Å²) < 4.78 is 8.84. The summed E-state index contributed by atoms with van der Waals surface area (Å²) in [6, 6.07) is 38.4. The van der Waals surface area contributed by atoms with Gasteiger partial charge in [0.2, 0.25) is 0 Å². The molecule has 1 unspecified atom stereocenters. The maximum Gasteiger partial charge on any atom is 0.137 e. The molecule has 11 rings (SSSR count). The number of para-hydroxylation sites is 2. The molecule has 5 aromatic carbocycles. The average molecular weight is 701 g/mol. The van der Waals surface area contributed by atoms with Crippen LogP contribution in [0.5, 0.6) is 0 Å². The zero-order chi connectivity index (χ0) is 36.0. The maximum atomic E-state index is 6.40. The van der Waals surface area contributed by atoms with Gasteiger partial charge >= 0.3 is 0 Å². The summed E-state index contributed by atoms with van der Waals surface area (Å²) in [4.78, 5) is 2.58. The van der Waals surface area contributed by atoms with Gasteiger partial charge in [-0.05, 0) is 139 Å². The van der Waals surface area contributed by atoms with Crippen molar-refractivity contribution in [3.8, 4) is 5.69 Å². The van der Waals surface area contributed by atoms with Crippen molar-refractivity contribution in [2.75, 3.05) is 4.90 Å². The third-order valence-corrected chi connectivity index (χ3v) is 12.8. The van der Waals surface area contributed by atoms with Gasteiger partial charge in [-0.1, -0.05) is 92.8 Å². The van der Waals surface area contributed by atoms with Crippen molar-refractivity contribution in [2.24, 2.45) is 0 Å². The van der Waals surface area contributed by atoms with Crippen LogP contribution in [0.2, 0.25) is 0 Å². The van der Waals surface area contributed by atoms with Crippen molar-refractivity contribution in [3.05, 3.63) is 167 Å². The number of furan rings is 1. The average Bonchev–Trinajstić information content (AvgIpc) is 3.84. The monoisotopic (exact) mass is 700 g/mol. The van der Waals surface area contributed by atoms with Gasteiger partial charge in [0.15, 0.2) is 0 Å². The van der Waals surface area contributed by atoms with Crippen LogP contribution in [-0.4, -0.2) is 10.6 Å². The molecule has 2 aromatic heterocycles. The highest BCUT2D eigenvalue weighted by Gasteiger charge is 2.38. The number of hydrogen-bond donors (Lipinski definition) is 0. The fourth-order valence-corrected chi connectivity index (χ4v) is 10.1. The van der Waals surface area contributed by atoms with Crippen molar-refractivity contribution >= 4 is 60.7 Å². The molecule has 0 aliphatic heterocycles. The summed E-state index contributed by atoms with van der Waals surface area (Å²) in [5, 5.41) is 4.81. The Hall–Kier alpha value is -5.80. The third kappa shape index (κ3) is 4.73. The molecule has 1 atom stereocenters.